The van der Waals surface area contributed by atoms with E-state index < -0.39 is 5.82 Å². The first kappa shape index (κ1) is 16.7. The highest BCUT2D eigenvalue weighted by Crippen LogP contribution is 2.22. The van der Waals surface area contributed by atoms with Crippen molar-refractivity contribution in [2.75, 3.05) is 0 Å². The monoisotopic (exact) mass is 337 g/mol. The van der Waals surface area contributed by atoms with E-state index in [1.165, 1.54) is 18.3 Å². The van der Waals surface area contributed by atoms with Crippen molar-refractivity contribution in [3.63, 3.8) is 0 Å². The van der Waals surface area contributed by atoms with E-state index in [1.807, 2.05) is 13.0 Å². The number of pyridine rings is 3. The smallest absolute Gasteiger partial charge is 0.187 e. The lowest BCUT2D eigenvalue weighted by Gasteiger charge is -2.08. The van der Waals surface area contributed by atoms with E-state index in [2.05, 4.69) is 15.0 Å². The molecule has 0 saturated carbocycles. The van der Waals surface area contributed by atoms with Gasteiger partial charge in [0.1, 0.15) is 23.0 Å². The lowest BCUT2D eigenvalue weighted by atomic mass is 10.1. The normalized spacial score (nSPS) is 10.5. The van der Waals surface area contributed by atoms with Gasteiger partial charge >= 0.3 is 0 Å². The Morgan fingerprint density at radius 3 is 2.60 bits per heavy atom. The number of nitrogens with zero attached hydrogens (tertiary/aromatic N) is 3. The Labute approximate surface area is 144 Å². The van der Waals surface area contributed by atoms with E-state index in [4.69, 9.17) is 4.74 Å². The number of carbonyl (C=O) groups excluding carboxylic acids is 1. The number of ether oxygens (including phenoxy) is 1. The van der Waals surface area contributed by atoms with Crippen LogP contribution in [0.5, 0.6) is 11.5 Å². The highest BCUT2D eigenvalue weighted by Gasteiger charge is 2.13. The molecule has 0 aromatic carbocycles. The highest BCUT2D eigenvalue weighted by atomic mass is 19.1. The number of Topliss-reactive ketones (excluding diaryl/α,β-unsaturated/α-hetero) is 1. The van der Waals surface area contributed by atoms with Crippen molar-refractivity contribution < 1.29 is 13.9 Å². The molecule has 126 valence electrons. The van der Waals surface area contributed by atoms with Crippen molar-refractivity contribution in [2.45, 2.75) is 20.3 Å². The van der Waals surface area contributed by atoms with E-state index in [9.17, 15) is 9.18 Å². The number of halogens is 1. The van der Waals surface area contributed by atoms with E-state index >= 15 is 0 Å². The third-order valence-electron chi connectivity index (χ3n) is 3.45. The zero-order valence-electron chi connectivity index (χ0n) is 13.9. The standard InChI is InChI=1S/C19H16FN3O2/c1-12-3-4-16(11-22-12)25-17-7-13(2)23-18(10-17)19(24)9-15-8-14(20)5-6-21-15/h3-8,10-11H,9H2,1-2H3. The van der Waals surface area contributed by atoms with E-state index in [1.54, 1.807) is 31.3 Å². The molecule has 3 rings (SSSR count). The number of aromatic nitrogens is 3. The summed E-state index contributed by atoms with van der Waals surface area (Å²) in [5, 5.41) is 0. The summed E-state index contributed by atoms with van der Waals surface area (Å²) in [5.74, 6) is 0.384. The van der Waals surface area contributed by atoms with Crippen molar-refractivity contribution >= 4 is 5.78 Å². The molecule has 0 fully saturated rings. The van der Waals surface area contributed by atoms with Gasteiger partial charge in [-0.1, -0.05) is 0 Å². The molecule has 0 atom stereocenters. The van der Waals surface area contributed by atoms with E-state index in [-0.39, 0.29) is 17.9 Å². The minimum absolute atomic E-state index is 0.0280. The Kier molecular flexibility index (Phi) is 4.79. The molecule has 0 spiro atoms. The molecule has 0 radical (unpaired) electrons. The van der Waals surface area contributed by atoms with Crippen LogP contribution in [0.15, 0.2) is 48.8 Å². The second-order valence-corrected chi connectivity index (χ2v) is 5.63. The molecule has 0 aliphatic heterocycles. The van der Waals surface area contributed by atoms with E-state index in [0.717, 1.165) is 5.69 Å². The van der Waals surface area contributed by atoms with Gasteiger partial charge in [0.2, 0.25) is 0 Å². The summed E-state index contributed by atoms with van der Waals surface area (Å²) in [6.45, 7) is 3.66. The number of rotatable bonds is 5. The molecule has 0 saturated heterocycles. The molecular formula is C19H16FN3O2. The van der Waals surface area contributed by atoms with Crippen LogP contribution in [0.4, 0.5) is 4.39 Å². The van der Waals surface area contributed by atoms with Gasteiger partial charge in [-0.15, -0.1) is 0 Å². The number of hydrogen-bond acceptors (Lipinski definition) is 5. The van der Waals surface area contributed by atoms with Crippen molar-refractivity contribution in [3.05, 3.63) is 77.4 Å². The molecule has 3 aromatic heterocycles. The maximum absolute atomic E-state index is 13.2. The second-order valence-electron chi connectivity index (χ2n) is 5.63. The number of hydrogen-bond donors (Lipinski definition) is 0. The van der Waals surface area contributed by atoms with E-state index in [0.29, 0.717) is 22.9 Å². The summed E-state index contributed by atoms with van der Waals surface area (Å²) in [6, 6.07) is 9.41. The predicted octanol–water partition coefficient (Wildman–Crippen LogP) is 3.85. The SMILES string of the molecule is Cc1ccc(Oc2cc(C)nc(C(=O)Cc3cc(F)ccn3)c2)cn1. The van der Waals surface area contributed by atoms with Gasteiger partial charge in [0.15, 0.2) is 5.78 Å². The Morgan fingerprint density at radius 1 is 1.04 bits per heavy atom. The van der Waals surface area contributed by atoms with Crippen molar-refractivity contribution in [1.29, 1.82) is 0 Å². The van der Waals surface area contributed by atoms with Gasteiger partial charge in [0, 0.05) is 29.7 Å². The maximum atomic E-state index is 13.2. The first-order valence-electron chi connectivity index (χ1n) is 7.72. The van der Waals surface area contributed by atoms with Gasteiger partial charge in [-0.2, -0.15) is 0 Å². The zero-order chi connectivity index (χ0) is 17.8. The third kappa shape index (κ3) is 4.44. The third-order valence-corrected chi connectivity index (χ3v) is 3.45. The van der Waals surface area contributed by atoms with Crippen LogP contribution in [-0.4, -0.2) is 20.7 Å². The molecule has 0 N–H and O–H groups in total. The molecule has 3 heterocycles. The van der Waals surface area contributed by atoms with Crippen LogP contribution in [0.2, 0.25) is 0 Å². The Balaban J connectivity index is 1.80. The summed E-state index contributed by atoms with van der Waals surface area (Å²) in [7, 11) is 0. The van der Waals surface area contributed by atoms with Gasteiger partial charge in [-0.25, -0.2) is 9.37 Å². The molecule has 0 aliphatic rings. The van der Waals surface area contributed by atoms with Crippen LogP contribution in [0, 0.1) is 19.7 Å². The molecule has 0 aliphatic carbocycles. The van der Waals surface area contributed by atoms with Crippen LogP contribution in [-0.2, 0) is 6.42 Å². The Hall–Kier alpha value is -3.15. The van der Waals surface area contributed by atoms with Crippen LogP contribution in [0.3, 0.4) is 0 Å². The van der Waals surface area contributed by atoms with Gasteiger partial charge in [0.05, 0.1) is 18.3 Å². The minimum atomic E-state index is -0.425. The first-order chi connectivity index (χ1) is 12.0. The first-order valence-corrected chi connectivity index (χ1v) is 7.72. The zero-order valence-corrected chi connectivity index (χ0v) is 13.9. The lowest BCUT2D eigenvalue weighted by Crippen LogP contribution is -2.08. The van der Waals surface area contributed by atoms with Crippen LogP contribution in [0.25, 0.3) is 0 Å². The predicted molar refractivity (Wildman–Crippen MR) is 90.3 cm³/mol. The van der Waals surface area contributed by atoms with Gasteiger partial charge < -0.3 is 4.74 Å². The van der Waals surface area contributed by atoms with Gasteiger partial charge in [0.25, 0.3) is 0 Å². The van der Waals surface area contributed by atoms with Crippen LogP contribution >= 0.6 is 0 Å². The van der Waals surface area contributed by atoms with Crippen LogP contribution in [0.1, 0.15) is 27.6 Å². The number of aryl methyl sites for hydroxylation is 2. The molecule has 0 bridgehead atoms. The summed E-state index contributed by atoms with van der Waals surface area (Å²) < 4.78 is 19.0. The quantitative estimate of drug-likeness (QED) is 0.662. The maximum Gasteiger partial charge on any atom is 0.187 e. The number of carbonyl (C=O) groups is 1. The summed E-state index contributed by atoms with van der Waals surface area (Å²) in [6.07, 6.45) is 2.92. The molecule has 0 unspecified atom stereocenters. The summed E-state index contributed by atoms with van der Waals surface area (Å²) >= 11 is 0. The van der Waals surface area contributed by atoms with Gasteiger partial charge in [-0.05, 0) is 38.1 Å². The average Bonchev–Trinajstić information content (AvgIpc) is 2.56. The van der Waals surface area contributed by atoms with Crippen molar-refractivity contribution in [1.82, 2.24) is 15.0 Å². The van der Waals surface area contributed by atoms with Crippen molar-refractivity contribution in [2.24, 2.45) is 0 Å². The molecule has 3 aromatic rings. The fourth-order valence-corrected chi connectivity index (χ4v) is 2.29. The fraction of sp³-hybridized carbons (Fsp3) is 0.158. The van der Waals surface area contributed by atoms with Gasteiger partial charge in [-0.3, -0.25) is 14.8 Å². The Morgan fingerprint density at radius 2 is 1.88 bits per heavy atom. The molecule has 5 nitrogen and oxygen atoms in total. The lowest BCUT2D eigenvalue weighted by molar-refractivity contribution is 0.0986. The molecule has 6 heteroatoms. The summed E-state index contributed by atoms with van der Waals surface area (Å²) in [4.78, 5) is 24.8. The summed E-state index contributed by atoms with van der Waals surface area (Å²) in [5.41, 5.74) is 2.14. The average molecular weight is 337 g/mol. The Bertz CT molecular complexity index is 911. The topological polar surface area (TPSA) is 65.0 Å². The molecule has 0 amide bonds. The van der Waals surface area contributed by atoms with Crippen LogP contribution < -0.4 is 4.74 Å². The second kappa shape index (κ2) is 7.17. The largest absolute Gasteiger partial charge is 0.456 e. The highest BCUT2D eigenvalue weighted by molar-refractivity contribution is 5.95. The minimum Gasteiger partial charge on any atom is -0.456 e. The molecule has 25 heavy (non-hydrogen) atoms. The van der Waals surface area contributed by atoms with Crippen molar-refractivity contribution in [3.8, 4) is 11.5 Å². The number of ketones is 1. The molecular weight excluding hydrogens is 321 g/mol. The fourth-order valence-electron chi connectivity index (χ4n) is 2.29.